The van der Waals surface area contributed by atoms with Crippen LogP contribution in [0.15, 0.2) is 24.5 Å². The van der Waals surface area contributed by atoms with Crippen molar-refractivity contribution < 1.29 is 14.0 Å². The summed E-state index contributed by atoms with van der Waals surface area (Å²) >= 11 is 0. The Morgan fingerprint density at radius 1 is 1.18 bits per heavy atom. The molecule has 1 aliphatic heterocycles. The van der Waals surface area contributed by atoms with Crippen molar-refractivity contribution >= 4 is 12.6 Å². The molecule has 1 fully saturated rings. The smallest absolute Gasteiger partial charge is 0.496 e. The molecule has 1 N–H and O–H groups in total. The van der Waals surface area contributed by atoms with Gasteiger partial charge in [0.2, 0.25) is 0 Å². The Morgan fingerprint density at radius 2 is 1.86 bits per heavy atom. The highest BCUT2D eigenvalue weighted by atomic mass is 16.7. The maximum Gasteiger partial charge on any atom is 0.498 e. The Kier molecular flexibility index (Phi) is 3.49. The standard InChI is InChI=1S/C15H20BN3O3/c1-14(2)15(3,4)22-16(21-14)10-8-12(11-6-7-18-19-11)17-9-13(10)20-5/h6-9H,1-5H3,(H,18,19). The fraction of sp³-hybridized carbons (Fsp3) is 0.467. The molecule has 0 spiro atoms. The van der Waals surface area contributed by atoms with Gasteiger partial charge in [0.1, 0.15) is 5.75 Å². The van der Waals surface area contributed by atoms with E-state index in [4.69, 9.17) is 14.0 Å². The maximum absolute atomic E-state index is 6.11. The number of nitrogens with one attached hydrogen (secondary N) is 1. The fourth-order valence-corrected chi connectivity index (χ4v) is 2.33. The number of nitrogens with zero attached hydrogens (tertiary/aromatic N) is 2. The minimum Gasteiger partial charge on any atom is -0.496 e. The number of H-pyrrole nitrogens is 1. The first-order valence-electron chi connectivity index (χ1n) is 7.23. The number of aromatic nitrogens is 3. The monoisotopic (exact) mass is 301 g/mol. The van der Waals surface area contributed by atoms with Gasteiger partial charge < -0.3 is 14.0 Å². The van der Waals surface area contributed by atoms with E-state index in [1.54, 1.807) is 19.5 Å². The van der Waals surface area contributed by atoms with Crippen LogP contribution in [0.2, 0.25) is 0 Å². The second-order valence-electron chi connectivity index (χ2n) is 6.37. The maximum atomic E-state index is 6.11. The highest BCUT2D eigenvalue weighted by Crippen LogP contribution is 2.37. The molecule has 0 radical (unpaired) electrons. The predicted molar refractivity (Wildman–Crippen MR) is 84.1 cm³/mol. The number of aromatic amines is 1. The molecular formula is C15H20BN3O3. The van der Waals surface area contributed by atoms with E-state index in [1.807, 2.05) is 39.8 Å². The van der Waals surface area contributed by atoms with E-state index in [0.29, 0.717) is 5.75 Å². The summed E-state index contributed by atoms with van der Waals surface area (Å²) in [4.78, 5) is 4.39. The Hall–Kier alpha value is -1.86. The van der Waals surface area contributed by atoms with Gasteiger partial charge in [-0.15, -0.1) is 0 Å². The van der Waals surface area contributed by atoms with Crippen molar-refractivity contribution in [1.82, 2.24) is 15.2 Å². The Labute approximate surface area is 130 Å². The molecule has 0 atom stereocenters. The number of pyridine rings is 1. The normalized spacial score (nSPS) is 19.4. The van der Waals surface area contributed by atoms with Crippen LogP contribution < -0.4 is 10.2 Å². The van der Waals surface area contributed by atoms with Crippen molar-refractivity contribution in [2.24, 2.45) is 0 Å². The number of hydrogen-bond donors (Lipinski definition) is 1. The molecule has 116 valence electrons. The number of methoxy groups -OCH3 is 1. The van der Waals surface area contributed by atoms with Gasteiger partial charge in [0.25, 0.3) is 0 Å². The molecule has 3 rings (SSSR count). The van der Waals surface area contributed by atoms with Crippen LogP contribution in [0.25, 0.3) is 11.4 Å². The summed E-state index contributed by atoms with van der Waals surface area (Å²) in [6, 6.07) is 3.78. The zero-order valence-electron chi connectivity index (χ0n) is 13.5. The van der Waals surface area contributed by atoms with Crippen molar-refractivity contribution in [3.8, 4) is 17.1 Å². The fourth-order valence-electron chi connectivity index (χ4n) is 2.33. The Morgan fingerprint density at radius 3 is 2.41 bits per heavy atom. The molecule has 3 heterocycles. The van der Waals surface area contributed by atoms with Crippen LogP contribution in [0.3, 0.4) is 0 Å². The first kappa shape index (κ1) is 15.1. The van der Waals surface area contributed by atoms with Crippen molar-refractivity contribution in [3.05, 3.63) is 24.5 Å². The van der Waals surface area contributed by atoms with Gasteiger partial charge in [-0.3, -0.25) is 10.1 Å². The van der Waals surface area contributed by atoms with Crippen LogP contribution in [0.5, 0.6) is 5.75 Å². The van der Waals surface area contributed by atoms with E-state index in [0.717, 1.165) is 16.9 Å². The summed E-state index contributed by atoms with van der Waals surface area (Å²) < 4.78 is 17.6. The van der Waals surface area contributed by atoms with Gasteiger partial charge in [-0.05, 0) is 39.8 Å². The van der Waals surface area contributed by atoms with Gasteiger partial charge in [0.05, 0.1) is 35.9 Å². The molecule has 0 unspecified atom stereocenters. The summed E-state index contributed by atoms with van der Waals surface area (Å²) in [7, 11) is 1.12. The zero-order valence-corrected chi connectivity index (χ0v) is 13.5. The van der Waals surface area contributed by atoms with Crippen molar-refractivity contribution in [1.29, 1.82) is 0 Å². The lowest BCUT2D eigenvalue weighted by Crippen LogP contribution is -2.41. The van der Waals surface area contributed by atoms with Gasteiger partial charge >= 0.3 is 7.12 Å². The molecule has 0 saturated carbocycles. The highest BCUT2D eigenvalue weighted by molar-refractivity contribution is 6.63. The summed E-state index contributed by atoms with van der Waals surface area (Å²) in [6.07, 6.45) is 3.37. The molecule has 0 aliphatic carbocycles. The molecule has 22 heavy (non-hydrogen) atoms. The van der Waals surface area contributed by atoms with Gasteiger partial charge in [-0.1, -0.05) is 0 Å². The van der Waals surface area contributed by atoms with Crippen LogP contribution in [0.4, 0.5) is 0 Å². The van der Waals surface area contributed by atoms with Crippen LogP contribution >= 0.6 is 0 Å². The van der Waals surface area contributed by atoms with Gasteiger partial charge in [0.15, 0.2) is 0 Å². The van der Waals surface area contributed by atoms with Crippen molar-refractivity contribution in [2.75, 3.05) is 7.11 Å². The van der Waals surface area contributed by atoms with E-state index < -0.39 is 18.3 Å². The first-order valence-corrected chi connectivity index (χ1v) is 7.23. The minimum absolute atomic E-state index is 0.403. The van der Waals surface area contributed by atoms with E-state index in [-0.39, 0.29) is 0 Å². The van der Waals surface area contributed by atoms with Crippen molar-refractivity contribution in [3.63, 3.8) is 0 Å². The van der Waals surface area contributed by atoms with E-state index in [1.165, 1.54) is 0 Å². The third kappa shape index (κ3) is 2.40. The second-order valence-corrected chi connectivity index (χ2v) is 6.37. The minimum atomic E-state index is -0.496. The number of rotatable bonds is 3. The summed E-state index contributed by atoms with van der Waals surface area (Å²) in [5.41, 5.74) is 1.62. The zero-order chi connectivity index (χ0) is 16.0. The molecule has 1 saturated heterocycles. The molecule has 2 aromatic rings. The molecule has 0 amide bonds. The lowest BCUT2D eigenvalue weighted by Gasteiger charge is -2.32. The van der Waals surface area contributed by atoms with Gasteiger partial charge in [-0.2, -0.15) is 5.10 Å². The number of ether oxygens (including phenoxy) is 1. The highest BCUT2D eigenvalue weighted by Gasteiger charge is 2.52. The largest absolute Gasteiger partial charge is 0.498 e. The van der Waals surface area contributed by atoms with Crippen LogP contribution in [0, 0.1) is 0 Å². The summed E-state index contributed by atoms with van der Waals surface area (Å²) in [5.74, 6) is 0.641. The Bertz CT molecular complexity index is 655. The molecule has 2 aromatic heterocycles. The van der Waals surface area contributed by atoms with E-state index >= 15 is 0 Å². The summed E-state index contributed by atoms with van der Waals surface area (Å²) in [6.45, 7) is 8.10. The molecular weight excluding hydrogens is 281 g/mol. The average Bonchev–Trinajstić information content (AvgIpc) is 3.05. The Balaban J connectivity index is 2.01. The molecule has 0 bridgehead atoms. The van der Waals surface area contributed by atoms with E-state index in [2.05, 4.69) is 15.2 Å². The molecule has 6 nitrogen and oxygen atoms in total. The van der Waals surface area contributed by atoms with Gasteiger partial charge in [0, 0.05) is 11.7 Å². The van der Waals surface area contributed by atoms with Crippen LogP contribution in [0.1, 0.15) is 27.7 Å². The predicted octanol–water partition coefficient (Wildman–Crippen LogP) is 1.78. The van der Waals surface area contributed by atoms with E-state index in [9.17, 15) is 0 Å². The molecule has 1 aliphatic rings. The number of hydrogen-bond acceptors (Lipinski definition) is 5. The van der Waals surface area contributed by atoms with Crippen LogP contribution in [-0.4, -0.2) is 40.6 Å². The lowest BCUT2D eigenvalue weighted by atomic mass is 9.78. The lowest BCUT2D eigenvalue weighted by molar-refractivity contribution is 0.00578. The molecule has 7 heteroatoms. The van der Waals surface area contributed by atoms with Crippen molar-refractivity contribution in [2.45, 2.75) is 38.9 Å². The third-order valence-corrected chi connectivity index (χ3v) is 4.40. The topological polar surface area (TPSA) is 69.3 Å². The first-order chi connectivity index (χ1) is 10.3. The quantitative estimate of drug-likeness (QED) is 0.875. The second kappa shape index (κ2) is 5.10. The summed E-state index contributed by atoms with van der Waals surface area (Å²) in [5, 5.41) is 6.86. The van der Waals surface area contributed by atoms with Crippen LogP contribution in [-0.2, 0) is 9.31 Å². The van der Waals surface area contributed by atoms with Gasteiger partial charge in [-0.25, -0.2) is 0 Å². The third-order valence-electron chi connectivity index (χ3n) is 4.40. The molecule has 0 aromatic carbocycles. The SMILES string of the molecule is COc1cnc(-c2ccn[nH]2)cc1B1OC(C)(C)C(C)(C)O1. The average molecular weight is 301 g/mol.